The number of carbonyl (C=O) groups excluding carboxylic acids is 2. The fraction of sp³-hybridized carbons (Fsp3) is 0.478. The predicted molar refractivity (Wildman–Crippen MR) is 113 cm³/mol. The number of allylic oxidation sites excluding steroid dienone is 3. The molecule has 168 valence electrons. The number of rotatable bonds is 8. The standard InChI is InChI=1S/C23H29NO7/c1-13-18(23(26)31-12-11-27-2)19(20-15(24-13)7-6-8-16(20)25)14-9-10-17(28-3)22(30-5)21(14)29-4/h9-10,19,24H,6-8,11-12H2,1-5H3/t19-/m1/s1. The first-order valence-electron chi connectivity index (χ1n) is 10.2. The molecule has 0 radical (unpaired) electrons. The molecule has 0 saturated carbocycles. The first-order chi connectivity index (χ1) is 15.0. The summed E-state index contributed by atoms with van der Waals surface area (Å²) in [6.07, 6.45) is 1.93. The molecule has 0 bridgehead atoms. The zero-order valence-corrected chi connectivity index (χ0v) is 18.6. The molecular weight excluding hydrogens is 402 g/mol. The smallest absolute Gasteiger partial charge is 0.336 e. The van der Waals surface area contributed by atoms with E-state index in [-0.39, 0.29) is 19.0 Å². The summed E-state index contributed by atoms with van der Waals surface area (Å²) in [5.41, 5.74) is 3.07. The number of Topliss-reactive ketones (excluding diaryl/α,β-unsaturated/α-hetero) is 1. The van der Waals surface area contributed by atoms with Crippen LogP contribution in [0.25, 0.3) is 0 Å². The topological polar surface area (TPSA) is 92.3 Å². The molecule has 1 aliphatic carbocycles. The van der Waals surface area contributed by atoms with Crippen molar-refractivity contribution in [3.63, 3.8) is 0 Å². The molecule has 2 aliphatic rings. The van der Waals surface area contributed by atoms with E-state index in [9.17, 15) is 9.59 Å². The average molecular weight is 431 g/mol. The van der Waals surface area contributed by atoms with E-state index in [4.69, 9.17) is 23.7 Å². The maximum absolute atomic E-state index is 13.1. The summed E-state index contributed by atoms with van der Waals surface area (Å²) in [6.45, 7) is 2.21. The van der Waals surface area contributed by atoms with Gasteiger partial charge in [0.05, 0.1) is 39.4 Å². The van der Waals surface area contributed by atoms with Crippen LogP contribution in [0.2, 0.25) is 0 Å². The Morgan fingerprint density at radius 1 is 1.03 bits per heavy atom. The Kier molecular flexibility index (Phi) is 7.22. The summed E-state index contributed by atoms with van der Waals surface area (Å²) in [7, 11) is 6.11. The third kappa shape index (κ3) is 4.25. The molecule has 1 N–H and O–H groups in total. The lowest BCUT2D eigenvalue weighted by atomic mass is 9.75. The summed E-state index contributed by atoms with van der Waals surface area (Å²) in [6, 6.07) is 3.55. The fourth-order valence-corrected chi connectivity index (χ4v) is 4.21. The lowest BCUT2D eigenvalue weighted by Gasteiger charge is -2.35. The van der Waals surface area contributed by atoms with Crippen LogP contribution >= 0.6 is 0 Å². The molecule has 0 amide bonds. The Bertz CT molecular complexity index is 932. The van der Waals surface area contributed by atoms with Gasteiger partial charge in [-0.2, -0.15) is 0 Å². The number of hydrogen-bond donors (Lipinski definition) is 1. The summed E-state index contributed by atoms with van der Waals surface area (Å²) in [4.78, 5) is 26.2. The third-order valence-electron chi connectivity index (χ3n) is 5.56. The molecule has 0 spiro atoms. The van der Waals surface area contributed by atoms with Crippen LogP contribution in [-0.4, -0.2) is 53.4 Å². The average Bonchev–Trinajstić information content (AvgIpc) is 2.77. The van der Waals surface area contributed by atoms with Gasteiger partial charge in [-0.3, -0.25) is 4.79 Å². The fourth-order valence-electron chi connectivity index (χ4n) is 4.21. The van der Waals surface area contributed by atoms with Gasteiger partial charge in [-0.1, -0.05) is 6.07 Å². The quantitative estimate of drug-likeness (QED) is 0.496. The molecule has 0 unspecified atom stereocenters. The number of benzene rings is 1. The highest BCUT2D eigenvalue weighted by atomic mass is 16.6. The van der Waals surface area contributed by atoms with Crippen LogP contribution < -0.4 is 19.5 Å². The van der Waals surface area contributed by atoms with Crippen molar-refractivity contribution >= 4 is 11.8 Å². The molecule has 0 aromatic heterocycles. The summed E-state index contributed by atoms with van der Waals surface area (Å²) < 4.78 is 27.1. The Balaban J connectivity index is 2.20. The van der Waals surface area contributed by atoms with Crippen molar-refractivity contribution in [2.75, 3.05) is 41.7 Å². The maximum atomic E-state index is 13.1. The van der Waals surface area contributed by atoms with Crippen molar-refractivity contribution in [1.82, 2.24) is 5.32 Å². The molecule has 0 fully saturated rings. The van der Waals surface area contributed by atoms with E-state index in [1.165, 1.54) is 28.4 Å². The highest BCUT2D eigenvalue weighted by Gasteiger charge is 2.41. The van der Waals surface area contributed by atoms with Gasteiger partial charge >= 0.3 is 5.97 Å². The summed E-state index contributed by atoms with van der Waals surface area (Å²) in [5.74, 6) is 0.157. The number of ether oxygens (including phenoxy) is 5. The van der Waals surface area contributed by atoms with Gasteiger partial charge in [0, 0.05) is 36.1 Å². The Morgan fingerprint density at radius 3 is 2.42 bits per heavy atom. The van der Waals surface area contributed by atoms with Crippen molar-refractivity contribution in [2.45, 2.75) is 32.1 Å². The second-order valence-corrected chi connectivity index (χ2v) is 7.32. The third-order valence-corrected chi connectivity index (χ3v) is 5.56. The zero-order chi connectivity index (χ0) is 22.5. The molecule has 1 aromatic carbocycles. The van der Waals surface area contributed by atoms with Gasteiger partial charge < -0.3 is 29.0 Å². The van der Waals surface area contributed by atoms with Crippen LogP contribution in [0.15, 0.2) is 34.7 Å². The molecule has 31 heavy (non-hydrogen) atoms. The SMILES string of the molecule is COCCOC(=O)C1=C(C)NC2=C(C(=O)CCC2)[C@@H]1c1ccc(OC)c(OC)c1OC. The minimum Gasteiger partial charge on any atom is -0.493 e. The normalized spacial score (nSPS) is 18.4. The van der Waals surface area contributed by atoms with Crippen LogP contribution in [-0.2, 0) is 19.1 Å². The van der Waals surface area contributed by atoms with Crippen molar-refractivity contribution in [3.8, 4) is 17.2 Å². The van der Waals surface area contributed by atoms with E-state index in [1.807, 2.05) is 6.92 Å². The van der Waals surface area contributed by atoms with Crippen LogP contribution in [0.4, 0.5) is 0 Å². The summed E-state index contributed by atoms with van der Waals surface area (Å²) >= 11 is 0. The van der Waals surface area contributed by atoms with E-state index >= 15 is 0 Å². The molecule has 8 nitrogen and oxygen atoms in total. The number of ketones is 1. The highest BCUT2D eigenvalue weighted by Crippen LogP contribution is 2.49. The second kappa shape index (κ2) is 9.87. The van der Waals surface area contributed by atoms with Crippen molar-refractivity contribution in [1.29, 1.82) is 0 Å². The van der Waals surface area contributed by atoms with Crippen LogP contribution in [0.3, 0.4) is 0 Å². The molecule has 1 atom stereocenters. The van der Waals surface area contributed by atoms with Crippen molar-refractivity contribution < 1.29 is 33.3 Å². The largest absolute Gasteiger partial charge is 0.493 e. The lowest BCUT2D eigenvalue weighted by molar-refractivity contribution is -0.140. The lowest BCUT2D eigenvalue weighted by Crippen LogP contribution is -2.34. The maximum Gasteiger partial charge on any atom is 0.336 e. The Labute approximate surface area is 182 Å². The summed E-state index contributed by atoms with van der Waals surface area (Å²) in [5, 5.41) is 3.27. The molecule has 1 aliphatic heterocycles. The van der Waals surface area contributed by atoms with Gasteiger partial charge in [0.2, 0.25) is 5.75 Å². The Hall–Kier alpha value is -3.00. The molecular formula is C23H29NO7. The first-order valence-corrected chi connectivity index (χ1v) is 10.2. The first kappa shape index (κ1) is 22.7. The molecule has 8 heteroatoms. The van der Waals surface area contributed by atoms with Gasteiger partial charge in [0.1, 0.15) is 6.61 Å². The monoisotopic (exact) mass is 431 g/mol. The van der Waals surface area contributed by atoms with Crippen LogP contribution in [0, 0.1) is 0 Å². The molecule has 1 aromatic rings. The molecule has 1 heterocycles. The van der Waals surface area contributed by atoms with Gasteiger partial charge in [-0.15, -0.1) is 0 Å². The van der Waals surface area contributed by atoms with E-state index in [2.05, 4.69) is 5.32 Å². The molecule has 0 saturated heterocycles. The van der Waals surface area contributed by atoms with Crippen molar-refractivity contribution in [3.05, 3.63) is 40.2 Å². The number of carbonyl (C=O) groups is 2. The molecule has 3 rings (SSSR count). The van der Waals surface area contributed by atoms with Crippen LogP contribution in [0.1, 0.15) is 37.7 Å². The second-order valence-electron chi connectivity index (χ2n) is 7.32. The highest BCUT2D eigenvalue weighted by molar-refractivity contribution is 6.04. The van der Waals surface area contributed by atoms with E-state index in [1.54, 1.807) is 12.1 Å². The van der Waals surface area contributed by atoms with Gasteiger partial charge in [-0.25, -0.2) is 4.79 Å². The number of hydrogen-bond acceptors (Lipinski definition) is 8. The van der Waals surface area contributed by atoms with Gasteiger partial charge in [0.15, 0.2) is 17.3 Å². The van der Waals surface area contributed by atoms with E-state index in [0.717, 1.165) is 18.5 Å². The minimum absolute atomic E-state index is 0.00489. The number of methoxy groups -OCH3 is 4. The van der Waals surface area contributed by atoms with E-state index < -0.39 is 11.9 Å². The van der Waals surface area contributed by atoms with Crippen molar-refractivity contribution in [2.24, 2.45) is 0 Å². The van der Waals surface area contributed by atoms with Gasteiger partial charge in [0.25, 0.3) is 0 Å². The minimum atomic E-state index is -0.645. The van der Waals surface area contributed by atoms with E-state index in [0.29, 0.717) is 46.1 Å². The predicted octanol–water partition coefficient (Wildman–Crippen LogP) is 2.87. The van der Waals surface area contributed by atoms with Gasteiger partial charge in [-0.05, 0) is 25.8 Å². The van der Waals surface area contributed by atoms with Crippen LogP contribution in [0.5, 0.6) is 17.2 Å². The zero-order valence-electron chi connectivity index (χ0n) is 18.6. The Morgan fingerprint density at radius 2 is 1.77 bits per heavy atom. The number of dihydropyridines is 1. The number of nitrogens with one attached hydrogen (secondary N) is 1. The number of esters is 1.